The van der Waals surface area contributed by atoms with E-state index < -0.39 is 11.9 Å². The van der Waals surface area contributed by atoms with Crippen molar-refractivity contribution in [3.63, 3.8) is 0 Å². The monoisotopic (exact) mass is 388 g/mol. The Bertz CT molecular complexity index is 869. The highest BCUT2D eigenvalue weighted by atomic mass is 35.5. The second kappa shape index (κ2) is 8.09. The van der Waals surface area contributed by atoms with Gasteiger partial charge in [-0.05, 0) is 42.5 Å². The van der Waals surface area contributed by atoms with E-state index in [1.807, 2.05) is 0 Å². The van der Waals surface area contributed by atoms with E-state index in [1.165, 1.54) is 4.90 Å². The summed E-state index contributed by atoms with van der Waals surface area (Å²) in [5.74, 6) is -1.76. The Labute approximate surface area is 160 Å². The van der Waals surface area contributed by atoms with E-state index in [0.717, 1.165) is 0 Å². The van der Waals surface area contributed by atoms with Gasteiger partial charge in [-0.1, -0.05) is 17.7 Å². The molecule has 0 spiro atoms. The first-order valence-corrected chi connectivity index (χ1v) is 8.61. The predicted octanol–water partition coefficient (Wildman–Crippen LogP) is 2.80. The minimum Gasteiger partial charge on any atom is -0.484 e. The molecule has 1 saturated heterocycles. The molecule has 2 amide bonds. The van der Waals surface area contributed by atoms with Gasteiger partial charge < -0.3 is 20.1 Å². The predicted molar refractivity (Wildman–Crippen MR) is 100 cm³/mol. The summed E-state index contributed by atoms with van der Waals surface area (Å²) in [6.45, 7) is -0.0357. The van der Waals surface area contributed by atoms with Crippen LogP contribution in [-0.2, 0) is 14.4 Å². The molecule has 7 nitrogen and oxygen atoms in total. The lowest BCUT2D eigenvalue weighted by molar-refractivity contribution is -0.141. The van der Waals surface area contributed by atoms with Gasteiger partial charge in [0.2, 0.25) is 5.91 Å². The number of hydrogen-bond donors (Lipinski definition) is 2. The zero-order valence-electron chi connectivity index (χ0n) is 14.2. The molecule has 1 aliphatic rings. The van der Waals surface area contributed by atoms with Crippen molar-refractivity contribution in [3.05, 3.63) is 53.6 Å². The molecule has 2 aromatic rings. The number of hydrogen-bond acceptors (Lipinski definition) is 4. The van der Waals surface area contributed by atoms with Gasteiger partial charge in [-0.25, -0.2) is 0 Å². The fraction of sp³-hybridized carbons (Fsp3) is 0.211. The Hall–Kier alpha value is -3.06. The second-order valence-electron chi connectivity index (χ2n) is 6.08. The molecular formula is C19H17ClN2O5. The Kier molecular flexibility index (Phi) is 5.61. The fourth-order valence-electron chi connectivity index (χ4n) is 2.76. The van der Waals surface area contributed by atoms with Gasteiger partial charge in [0.05, 0.1) is 5.92 Å². The minimum absolute atomic E-state index is 0.00272. The third kappa shape index (κ3) is 4.77. The molecule has 0 aromatic heterocycles. The summed E-state index contributed by atoms with van der Waals surface area (Å²) >= 11 is 5.86. The molecule has 1 fully saturated rings. The normalized spacial score (nSPS) is 16.3. The van der Waals surface area contributed by atoms with Gasteiger partial charge in [0.1, 0.15) is 5.75 Å². The van der Waals surface area contributed by atoms with Crippen LogP contribution in [0.5, 0.6) is 5.75 Å². The molecule has 0 unspecified atom stereocenters. The highest BCUT2D eigenvalue weighted by Gasteiger charge is 2.34. The van der Waals surface area contributed by atoms with E-state index in [1.54, 1.807) is 48.5 Å². The number of ether oxygens (including phenoxy) is 1. The Morgan fingerprint density at radius 2 is 1.96 bits per heavy atom. The van der Waals surface area contributed by atoms with Crippen molar-refractivity contribution in [1.29, 1.82) is 0 Å². The first-order chi connectivity index (χ1) is 12.9. The Morgan fingerprint density at radius 1 is 1.22 bits per heavy atom. The number of nitrogens with zero attached hydrogens (tertiary/aromatic N) is 1. The number of carbonyl (C=O) groups excluding carboxylic acids is 2. The molecule has 0 aliphatic carbocycles. The molecule has 27 heavy (non-hydrogen) atoms. The van der Waals surface area contributed by atoms with E-state index in [-0.39, 0.29) is 31.4 Å². The largest absolute Gasteiger partial charge is 0.484 e. The van der Waals surface area contributed by atoms with Crippen LogP contribution in [0.4, 0.5) is 11.4 Å². The third-order valence-corrected chi connectivity index (χ3v) is 4.34. The Morgan fingerprint density at radius 3 is 2.59 bits per heavy atom. The number of amides is 2. The molecule has 0 bridgehead atoms. The maximum atomic E-state index is 12.0. The van der Waals surface area contributed by atoms with Crippen molar-refractivity contribution in [2.75, 3.05) is 23.4 Å². The maximum Gasteiger partial charge on any atom is 0.308 e. The highest BCUT2D eigenvalue weighted by molar-refractivity contribution is 6.30. The lowest BCUT2D eigenvalue weighted by Crippen LogP contribution is -2.25. The van der Waals surface area contributed by atoms with Crippen LogP contribution in [0.3, 0.4) is 0 Å². The number of rotatable bonds is 6. The molecular weight excluding hydrogens is 372 g/mol. The van der Waals surface area contributed by atoms with Crippen molar-refractivity contribution in [2.24, 2.45) is 5.92 Å². The number of anilines is 2. The number of carboxylic acids is 1. The van der Waals surface area contributed by atoms with Crippen molar-refractivity contribution < 1.29 is 24.2 Å². The molecule has 3 rings (SSSR count). The molecule has 2 N–H and O–H groups in total. The third-order valence-electron chi connectivity index (χ3n) is 4.10. The average molecular weight is 389 g/mol. The molecule has 0 saturated carbocycles. The SMILES string of the molecule is O=C(COc1ccc(N2C[C@@H](C(=O)O)CC2=O)cc1)Nc1cccc(Cl)c1. The first kappa shape index (κ1) is 18.7. The summed E-state index contributed by atoms with van der Waals surface area (Å²) in [6.07, 6.45) is -0.00272. The summed E-state index contributed by atoms with van der Waals surface area (Å²) in [7, 11) is 0. The molecule has 0 radical (unpaired) electrons. The van der Waals surface area contributed by atoms with E-state index in [4.69, 9.17) is 21.4 Å². The summed E-state index contributed by atoms with van der Waals surface area (Å²) in [6, 6.07) is 13.4. The van der Waals surface area contributed by atoms with E-state index in [9.17, 15) is 14.4 Å². The van der Waals surface area contributed by atoms with E-state index >= 15 is 0 Å². The number of aliphatic carboxylic acids is 1. The number of carbonyl (C=O) groups is 3. The second-order valence-corrected chi connectivity index (χ2v) is 6.52. The Balaban J connectivity index is 1.54. The highest BCUT2D eigenvalue weighted by Crippen LogP contribution is 2.27. The van der Waals surface area contributed by atoms with Crippen molar-refractivity contribution in [2.45, 2.75) is 6.42 Å². The molecule has 8 heteroatoms. The van der Waals surface area contributed by atoms with Gasteiger partial charge in [0.15, 0.2) is 6.61 Å². The molecule has 1 heterocycles. The number of benzene rings is 2. The zero-order chi connectivity index (χ0) is 19.4. The summed E-state index contributed by atoms with van der Waals surface area (Å²) < 4.78 is 5.43. The van der Waals surface area contributed by atoms with Crippen LogP contribution in [0.15, 0.2) is 48.5 Å². The van der Waals surface area contributed by atoms with Gasteiger partial charge in [-0.2, -0.15) is 0 Å². The lowest BCUT2D eigenvalue weighted by atomic mass is 10.1. The van der Waals surface area contributed by atoms with Gasteiger partial charge in [0.25, 0.3) is 5.91 Å². The molecule has 2 aromatic carbocycles. The van der Waals surface area contributed by atoms with Crippen LogP contribution in [0, 0.1) is 5.92 Å². The van der Waals surface area contributed by atoms with Gasteiger partial charge in [0, 0.05) is 29.4 Å². The minimum atomic E-state index is -0.975. The summed E-state index contributed by atoms with van der Waals surface area (Å²) in [5.41, 5.74) is 1.17. The number of nitrogens with one attached hydrogen (secondary N) is 1. The van der Waals surface area contributed by atoms with Crippen LogP contribution in [0.1, 0.15) is 6.42 Å². The summed E-state index contributed by atoms with van der Waals surface area (Å²) in [5, 5.41) is 12.2. The van der Waals surface area contributed by atoms with Crippen molar-refractivity contribution in [1.82, 2.24) is 0 Å². The average Bonchev–Trinajstić information content (AvgIpc) is 3.02. The lowest BCUT2D eigenvalue weighted by Gasteiger charge is -2.16. The zero-order valence-corrected chi connectivity index (χ0v) is 15.0. The molecule has 140 valence electrons. The molecule has 1 atom stereocenters. The number of halogens is 1. The van der Waals surface area contributed by atoms with Crippen LogP contribution in [0.2, 0.25) is 5.02 Å². The maximum absolute atomic E-state index is 12.0. The smallest absolute Gasteiger partial charge is 0.308 e. The van der Waals surface area contributed by atoms with Crippen molar-refractivity contribution >= 4 is 40.8 Å². The fourth-order valence-corrected chi connectivity index (χ4v) is 2.95. The number of carboxylic acid groups (broad SMARTS) is 1. The van der Waals surface area contributed by atoms with Gasteiger partial charge >= 0.3 is 5.97 Å². The topological polar surface area (TPSA) is 95.9 Å². The molecule has 1 aliphatic heterocycles. The van der Waals surface area contributed by atoms with Crippen LogP contribution >= 0.6 is 11.6 Å². The van der Waals surface area contributed by atoms with Crippen LogP contribution in [-0.4, -0.2) is 36.0 Å². The van der Waals surface area contributed by atoms with Crippen LogP contribution in [0.25, 0.3) is 0 Å². The quantitative estimate of drug-likeness (QED) is 0.793. The standard InChI is InChI=1S/C19H17ClN2O5/c20-13-2-1-3-14(9-13)21-17(23)11-27-16-6-4-15(5-7-16)22-10-12(19(25)26)8-18(22)24/h1-7,9,12H,8,10-11H2,(H,21,23)(H,25,26)/t12-/m0/s1. The van der Waals surface area contributed by atoms with E-state index in [0.29, 0.717) is 22.1 Å². The first-order valence-electron chi connectivity index (χ1n) is 8.24. The summed E-state index contributed by atoms with van der Waals surface area (Å²) in [4.78, 5) is 36.4. The van der Waals surface area contributed by atoms with E-state index in [2.05, 4.69) is 5.32 Å². The van der Waals surface area contributed by atoms with Gasteiger partial charge in [-0.3, -0.25) is 14.4 Å². The van der Waals surface area contributed by atoms with Crippen LogP contribution < -0.4 is 15.0 Å². The van der Waals surface area contributed by atoms with Gasteiger partial charge in [-0.15, -0.1) is 0 Å². The van der Waals surface area contributed by atoms with Crippen molar-refractivity contribution in [3.8, 4) is 5.75 Å².